The highest BCUT2D eigenvalue weighted by Crippen LogP contribution is 2.34. The number of methoxy groups -OCH3 is 1. The van der Waals surface area contributed by atoms with E-state index in [0.29, 0.717) is 23.9 Å². The Morgan fingerprint density at radius 3 is 2.75 bits per heavy atom. The summed E-state index contributed by atoms with van der Waals surface area (Å²) in [5.41, 5.74) is 0.756. The van der Waals surface area contributed by atoms with Gasteiger partial charge in [0.2, 0.25) is 0 Å². The first-order chi connectivity index (χ1) is 9.78. The topological polar surface area (TPSA) is 47.9 Å². The minimum Gasteiger partial charge on any atom is -0.497 e. The van der Waals surface area contributed by atoms with Gasteiger partial charge in [-0.1, -0.05) is 24.3 Å². The summed E-state index contributed by atoms with van der Waals surface area (Å²) >= 11 is 0. The highest BCUT2D eigenvalue weighted by atomic mass is 16.5. The number of ether oxygens (including phenoxy) is 3. The molecule has 4 heteroatoms. The van der Waals surface area contributed by atoms with E-state index in [0.717, 1.165) is 5.56 Å². The van der Waals surface area contributed by atoms with Gasteiger partial charge in [-0.05, 0) is 18.2 Å². The number of aliphatic hydroxyl groups is 1. The monoisotopic (exact) mass is 272 g/mol. The summed E-state index contributed by atoms with van der Waals surface area (Å²) in [4.78, 5) is 0. The molecule has 4 nitrogen and oxygen atoms in total. The molecule has 0 aromatic heterocycles. The van der Waals surface area contributed by atoms with Crippen molar-refractivity contribution in [1.29, 1.82) is 0 Å². The van der Waals surface area contributed by atoms with Crippen LogP contribution in [-0.2, 0) is 0 Å². The molecule has 1 aliphatic rings. The van der Waals surface area contributed by atoms with Crippen LogP contribution in [0.3, 0.4) is 0 Å². The second-order valence-electron chi connectivity index (χ2n) is 4.63. The van der Waals surface area contributed by atoms with E-state index in [1.54, 1.807) is 13.2 Å². The largest absolute Gasteiger partial charge is 0.497 e. The number of benzene rings is 2. The second-order valence-corrected chi connectivity index (χ2v) is 4.63. The number of hydrogen-bond acceptors (Lipinski definition) is 4. The molecule has 0 saturated carbocycles. The summed E-state index contributed by atoms with van der Waals surface area (Å²) in [6.45, 7) is 0.315. The highest BCUT2D eigenvalue weighted by molar-refractivity contribution is 5.38. The van der Waals surface area contributed by atoms with Crippen LogP contribution in [0.25, 0.3) is 0 Å². The molecule has 2 atom stereocenters. The Balaban J connectivity index is 1.79. The van der Waals surface area contributed by atoms with E-state index in [9.17, 15) is 5.11 Å². The lowest BCUT2D eigenvalue weighted by atomic mass is 10.0. The Morgan fingerprint density at radius 2 is 1.90 bits per heavy atom. The van der Waals surface area contributed by atoms with Crippen LogP contribution < -0.4 is 14.2 Å². The van der Waals surface area contributed by atoms with Crippen molar-refractivity contribution in [2.75, 3.05) is 13.7 Å². The standard InChI is InChI=1S/C16H16O4/c1-18-11-5-4-6-12(9-11)20-15-10-19-14-8-3-2-7-13(14)16(15)17/h2-9,15-17H,10H2,1H3. The van der Waals surface area contributed by atoms with Crippen LogP contribution in [0.5, 0.6) is 17.2 Å². The molecule has 0 saturated heterocycles. The van der Waals surface area contributed by atoms with E-state index in [1.165, 1.54) is 0 Å². The first kappa shape index (κ1) is 12.8. The third kappa shape index (κ3) is 2.42. The summed E-state index contributed by atoms with van der Waals surface area (Å²) in [7, 11) is 1.61. The quantitative estimate of drug-likeness (QED) is 0.933. The van der Waals surface area contributed by atoms with Crippen LogP contribution in [0.4, 0.5) is 0 Å². The van der Waals surface area contributed by atoms with Gasteiger partial charge in [-0.3, -0.25) is 0 Å². The van der Waals surface area contributed by atoms with Crippen molar-refractivity contribution in [1.82, 2.24) is 0 Å². The van der Waals surface area contributed by atoms with E-state index >= 15 is 0 Å². The van der Waals surface area contributed by atoms with Crippen molar-refractivity contribution in [2.45, 2.75) is 12.2 Å². The molecule has 2 unspecified atom stereocenters. The third-order valence-corrected chi connectivity index (χ3v) is 3.32. The van der Waals surface area contributed by atoms with Gasteiger partial charge in [0.25, 0.3) is 0 Å². The summed E-state index contributed by atoms with van der Waals surface area (Å²) in [5.74, 6) is 2.08. The van der Waals surface area contributed by atoms with Gasteiger partial charge in [0.15, 0.2) is 6.10 Å². The van der Waals surface area contributed by atoms with Crippen LogP contribution >= 0.6 is 0 Å². The number of para-hydroxylation sites is 1. The summed E-state index contributed by atoms with van der Waals surface area (Å²) in [6, 6.07) is 14.8. The van der Waals surface area contributed by atoms with Crippen molar-refractivity contribution in [3.63, 3.8) is 0 Å². The van der Waals surface area contributed by atoms with Gasteiger partial charge in [-0.2, -0.15) is 0 Å². The molecule has 1 heterocycles. The zero-order valence-corrected chi connectivity index (χ0v) is 11.2. The molecule has 0 amide bonds. The van der Waals surface area contributed by atoms with Gasteiger partial charge in [0.1, 0.15) is 30.0 Å². The fourth-order valence-corrected chi connectivity index (χ4v) is 2.27. The molecule has 2 aromatic carbocycles. The van der Waals surface area contributed by atoms with Crippen molar-refractivity contribution >= 4 is 0 Å². The predicted molar refractivity (Wildman–Crippen MR) is 74.3 cm³/mol. The molecule has 3 rings (SSSR count). The third-order valence-electron chi connectivity index (χ3n) is 3.32. The smallest absolute Gasteiger partial charge is 0.163 e. The van der Waals surface area contributed by atoms with E-state index in [-0.39, 0.29) is 0 Å². The lowest BCUT2D eigenvalue weighted by molar-refractivity contribution is -0.0103. The average Bonchev–Trinajstić information content (AvgIpc) is 2.50. The molecule has 0 bridgehead atoms. The minimum atomic E-state index is -0.703. The van der Waals surface area contributed by atoms with Gasteiger partial charge < -0.3 is 19.3 Å². The van der Waals surface area contributed by atoms with Crippen LogP contribution in [0.2, 0.25) is 0 Å². The first-order valence-electron chi connectivity index (χ1n) is 6.48. The number of hydrogen-bond donors (Lipinski definition) is 1. The number of aliphatic hydroxyl groups excluding tert-OH is 1. The fourth-order valence-electron chi connectivity index (χ4n) is 2.27. The molecule has 0 fully saturated rings. The van der Waals surface area contributed by atoms with Gasteiger partial charge in [0.05, 0.1) is 7.11 Å². The lowest BCUT2D eigenvalue weighted by Crippen LogP contribution is -2.35. The highest BCUT2D eigenvalue weighted by Gasteiger charge is 2.30. The summed E-state index contributed by atoms with van der Waals surface area (Å²) in [6.07, 6.45) is -1.14. The van der Waals surface area contributed by atoms with E-state index in [2.05, 4.69) is 0 Å². The van der Waals surface area contributed by atoms with Crippen LogP contribution in [-0.4, -0.2) is 24.9 Å². The molecule has 104 valence electrons. The molecule has 1 aliphatic heterocycles. The summed E-state index contributed by atoms with van der Waals surface area (Å²) in [5, 5.41) is 10.4. The van der Waals surface area contributed by atoms with E-state index < -0.39 is 12.2 Å². The first-order valence-corrected chi connectivity index (χ1v) is 6.48. The van der Waals surface area contributed by atoms with Crippen LogP contribution in [0, 0.1) is 0 Å². The Kier molecular flexibility index (Phi) is 3.48. The maximum absolute atomic E-state index is 10.4. The molecule has 20 heavy (non-hydrogen) atoms. The van der Waals surface area contributed by atoms with Gasteiger partial charge in [-0.25, -0.2) is 0 Å². The van der Waals surface area contributed by atoms with Crippen molar-refractivity contribution in [2.24, 2.45) is 0 Å². The molecular formula is C16H16O4. The Hall–Kier alpha value is -2.20. The van der Waals surface area contributed by atoms with E-state index in [1.807, 2.05) is 42.5 Å². The van der Waals surface area contributed by atoms with Crippen molar-refractivity contribution < 1.29 is 19.3 Å². The SMILES string of the molecule is COc1cccc(OC2COc3ccccc3C2O)c1. The number of rotatable bonds is 3. The Morgan fingerprint density at radius 1 is 1.10 bits per heavy atom. The Bertz CT molecular complexity index is 597. The van der Waals surface area contributed by atoms with Gasteiger partial charge in [0, 0.05) is 11.6 Å². The second kappa shape index (κ2) is 5.43. The maximum Gasteiger partial charge on any atom is 0.163 e. The fraction of sp³-hybridized carbons (Fsp3) is 0.250. The molecule has 0 spiro atoms. The van der Waals surface area contributed by atoms with E-state index in [4.69, 9.17) is 14.2 Å². The zero-order chi connectivity index (χ0) is 13.9. The van der Waals surface area contributed by atoms with Crippen molar-refractivity contribution in [3.05, 3.63) is 54.1 Å². The molecule has 2 aromatic rings. The molecule has 0 aliphatic carbocycles. The van der Waals surface area contributed by atoms with Crippen LogP contribution in [0.1, 0.15) is 11.7 Å². The van der Waals surface area contributed by atoms with Gasteiger partial charge >= 0.3 is 0 Å². The normalized spacial score (nSPS) is 20.7. The van der Waals surface area contributed by atoms with Crippen molar-refractivity contribution in [3.8, 4) is 17.2 Å². The molecule has 1 N–H and O–H groups in total. The number of fused-ring (bicyclic) bond motifs is 1. The van der Waals surface area contributed by atoms with Crippen LogP contribution in [0.15, 0.2) is 48.5 Å². The lowest BCUT2D eigenvalue weighted by Gasteiger charge is -2.30. The molecular weight excluding hydrogens is 256 g/mol. The Labute approximate surface area is 117 Å². The maximum atomic E-state index is 10.4. The zero-order valence-electron chi connectivity index (χ0n) is 11.2. The minimum absolute atomic E-state index is 0.315. The summed E-state index contributed by atoms with van der Waals surface area (Å²) < 4.78 is 16.6. The molecule has 0 radical (unpaired) electrons. The predicted octanol–water partition coefficient (Wildman–Crippen LogP) is 2.57. The average molecular weight is 272 g/mol. The van der Waals surface area contributed by atoms with Gasteiger partial charge in [-0.15, -0.1) is 0 Å².